The second kappa shape index (κ2) is 4.55. The molecule has 1 aromatic heterocycles. The van der Waals surface area contributed by atoms with E-state index in [0.29, 0.717) is 40.9 Å². The summed E-state index contributed by atoms with van der Waals surface area (Å²) < 4.78 is 15.8. The molecule has 0 radical (unpaired) electrons. The summed E-state index contributed by atoms with van der Waals surface area (Å²) in [6, 6.07) is 5.11. The summed E-state index contributed by atoms with van der Waals surface area (Å²) in [4.78, 5) is 0. The van der Waals surface area contributed by atoms with Crippen LogP contribution < -0.4 is 9.47 Å². The molecule has 1 atom stereocenters. The van der Waals surface area contributed by atoms with Gasteiger partial charge in [-0.3, -0.25) is 0 Å². The fourth-order valence-corrected chi connectivity index (χ4v) is 2.19. The Morgan fingerprint density at radius 3 is 2.78 bits per heavy atom. The number of ether oxygens (including phenoxy) is 2. The van der Waals surface area contributed by atoms with Crippen LogP contribution in [0.3, 0.4) is 0 Å². The van der Waals surface area contributed by atoms with Gasteiger partial charge in [0.25, 0.3) is 0 Å². The van der Waals surface area contributed by atoms with Crippen molar-refractivity contribution in [1.82, 2.24) is 0 Å². The summed E-state index contributed by atoms with van der Waals surface area (Å²) in [5.41, 5.74) is 1.31. The first-order valence-electron chi connectivity index (χ1n) is 5.55. The summed E-state index contributed by atoms with van der Waals surface area (Å²) >= 11 is 6.11. The Kier molecular flexibility index (Phi) is 2.89. The highest BCUT2D eigenvalue weighted by Gasteiger charge is 2.20. The molecule has 0 spiro atoms. The Bertz CT molecular complexity index is 550. The van der Waals surface area contributed by atoms with Gasteiger partial charge in [-0.2, -0.15) is 0 Å². The molecule has 3 rings (SSSR count). The maximum Gasteiger partial charge on any atom is 0.179 e. The zero-order chi connectivity index (χ0) is 12.5. The quantitative estimate of drug-likeness (QED) is 0.908. The van der Waals surface area contributed by atoms with Gasteiger partial charge in [-0.1, -0.05) is 11.6 Å². The van der Waals surface area contributed by atoms with Crippen molar-refractivity contribution in [2.24, 2.45) is 0 Å². The van der Waals surface area contributed by atoms with Crippen molar-refractivity contribution in [3.05, 3.63) is 46.9 Å². The highest BCUT2D eigenvalue weighted by Crippen LogP contribution is 2.40. The van der Waals surface area contributed by atoms with Crippen molar-refractivity contribution in [3.63, 3.8) is 0 Å². The smallest absolute Gasteiger partial charge is 0.179 e. The Labute approximate surface area is 109 Å². The third-order valence-electron chi connectivity index (χ3n) is 2.79. The van der Waals surface area contributed by atoms with Crippen molar-refractivity contribution in [1.29, 1.82) is 0 Å². The molecule has 2 aromatic rings. The van der Waals surface area contributed by atoms with Gasteiger partial charge in [0.05, 0.1) is 17.5 Å². The van der Waals surface area contributed by atoms with Crippen LogP contribution in [0.4, 0.5) is 0 Å². The van der Waals surface area contributed by atoms with E-state index in [1.165, 1.54) is 12.5 Å². The Morgan fingerprint density at radius 1 is 1.17 bits per heavy atom. The lowest BCUT2D eigenvalue weighted by molar-refractivity contribution is 0.170. The van der Waals surface area contributed by atoms with E-state index in [0.717, 1.165) is 0 Å². The van der Waals surface area contributed by atoms with Gasteiger partial charge in [-0.15, -0.1) is 0 Å². The summed E-state index contributed by atoms with van der Waals surface area (Å²) in [5.74, 6) is 1.09. The minimum Gasteiger partial charge on any atom is -0.486 e. The number of aliphatic hydroxyl groups is 1. The number of aliphatic hydroxyl groups excluding tert-OH is 1. The van der Waals surface area contributed by atoms with Crippen LogP contribution in [0.1, 0.15) is 17.2 Å². The van der Waals surface area contributed by atoms with E-state index >= 15 is 0 Å². The predicted molar refractivity (Wildman–Crippen MR) is 65.2 cm³/mol. The average Bonchev–Trinajstić information content (AvgIpc) is 2.91. The second-order valence-corrected chi connectivity index (χ2v) is 4.39. The van der Waals surface area contributed by atoms with Crippen LogP contribution in [-0.4, -0.2) is 18.3 Å². The lowest BCUT2D eigenvalue weighted by Gasteiger charge is -2.21. The molecule has 0 amide bonds. The highest BCUT2D eigenvalue weighted by atomic mass is 35.5. The summed E-state index contributed by atoms with van der Waals surface area (Å²) in [6.45, 7) is 0.963. The Hall–Kier alpha value is -1.65. The van der Waals surface area contributed by atoms with Crippen LogP contribution in [-0.2, 0) is 0 Å². The molecule has 94 valence electrons. The standard InChI is InChI=1S/C13H11ClO4/c14-10-5-9(12(15)8-1-2-16-7-8)6-11-13(10)18-4-3-17-11/h1-2,5-7,12,15H,3-4H2. The van der Waals surface area contributed by atoms with E-state index < -0.39 is 6.10 Å². The molecule has 1 N–H and O–H groups in total. The van der Waals surface area contributed by atoms with Crippen LogP contribution in [0, 0.1) is 0 Å². The van der Waals surface area contributed by atoms with E-state index in [4.69, 9.17) is 25.5 Å². The number of furan rings is 1. The molecule has 1 unspecified atom stereocenters. The summed E-state index contributed by atoms with van der Waals surface area (Å²) in [5, 5.41) is 10.6. The molecule has 0 saturated heterocycles. The Balaban J connectivity index is 2.00. The molecule has 5 heteroatoms. The SMILES string of the molecule is OC(c1ccoc1)c1cc(Cl)c2c(c1)OCCO2. The van der Waals surface area contributed by atoms with Crippen molar-refractivity contribution in [3.8, 4) is 11.5 Å². The molecule has 0 fully saturated rings. The molecule has 0 saturated carbocycles. The van der Waals surface area contributed by atoms with Crippen LogP contribution in [0.25, 0.3) is 0 Å². The normalized spacial score (nSPS) is 15.4. The molecule has 4 nitrogen and oxygen atoms in total. The van der Waals surface area contributed by atoms with E-state index in [-0.39, 0.29) is 0 Å². The molecule has 18 heavy (non-hydrogen) atoms. The van der Waals surface area contributed by atoms with Crippen LogP contribution in [0.15, 0.2) is 35.1 Å². The second-order valence-electron chi connectivity index (χ2n) is 3.99. The minimum atomic E-state index is -0.794. The van der Waals surface area contributed by atoms with Gasteiger partial charge in [-0.05, 0) is 23.8 Å². The molecular weight excluding hydrogens is 256 g/mol. The zero-order valence-corrected chi connectivity index (χ0v) is 10.2. The van der Waals surface area contributed by atoms with Gasteiger partial charge >= 0.3 is 0 Å². The van der Waals surface area contributed by atoms with E-state index in [1.807, 2.05) is 0 Å². The van der Waals surface area contributed by atoms with E-state index in [2.05, 4.69) is 0 Å². The lowest BCUT2D eigenvalue weighted by atomic mass is 10.0. The number of hydrogen-bond donors (Lipinski definition) is 1. The molecule has 1 aromatic carbocycles. The highest BCUT2D eigenvalue weighted by molar-refractivity contribution is 6.32. The average molecular weight is 267 g/mol. The van der Waals surface area contributed by atoms with Gasteiger partial charge in [0.15, 0.2) is 11.5 Å². The molecule has 1 aliphatic rings. The van der Waals surface area contributed by atoms with Crippen LogP contribution in [0.2, 0.25) is 5.02 Å². The van der Waals surface area contributed by atoms with E-state index in [9.17, 15) is 5.11 Å². The number of rotatable bonds is 2. The van der Waals surface area contributed by atoms with Gasteiger partial charge in [-0.25, -0.2) is 0 Å². The minimum absolute atomic E-state index is 0.435. The first-order valence-corrected chi connectivity index (χ1v) is 5.92. The third kappa shape index (κ3) is 1.94. The molecular formula is C13H11ClO4. The van der Waals surface area contributed by atoms with Gasteiger partial charge < -0.3 is 19.0 Å². The molecule has 1 aliphatic heterocycles. The maximum absolute atomic E-state index is 10.2. The van der Waals surface area contributed by atoms with Crippen LogP contribution >= 0.6 is 11.6 Å². The van der Waals surface area contributed by atoms with Gasteiger partial charge in [0.2, 0.25) is 0 Å². The van der Waals surface area contributed by atoms with Gasteiger partial charge in [0.1, 0.15) is 19.3 Å². The first kappa shape index (κ1) is 11.4. The number of benzene rings is 1. The molecule has 2 heterocycles. The van der Waals surface area contributed by atoms with Crippen LogP contribution in [0.5, 0.6) is 11.5 Å². The van der Waals surface area contributed by atoms with Crippen molar-refractivity contribution in [2.75, 3.05) is 13.2 Å². The fraction of sp³-hybridized carbons (Fsp3) is 0.231. The molecule has 0 bridgehead atoms. The van der Waals surface area contributed by atoms with Crippen molar-refractivity contribution in [2.45, 2.75) is 6.10 Å². The topological polar surface area (TPSA) is 51.8 Å². The number of halogens is 1. The zero-order valence-electron chi connectivity index (χ0n) is 9.43. The summed E-state index contributed by atoms with van der Waals surface area (Å²) in [7, 11) is 0. The first-order chi connectivity index (χ1) is 8.75. The van der Waals surface area contributed by atoms with Crippen molar-refractivity contribution < 1.29 is 19.0 Å². The predicted octanol–water partition coefficient (Wildman–Crippen LogP) is 2.79. The van der Waals surface area contributed by atoms with Gasteiger partial charge in [0, 0.05) is 5.56 Å². The third-order valence-corrected chi connectivity index (χ3v) is 3.07. The fourth-order valence-electron chi connectivity index (χ4n) is 1.91. The van der Waals surface area contributed by atoms with E-state index in [1.54, 1.807) is 18.2 Å². The molecule has 0 aliphatic carbocycles. The Morgan fingerprint density at radius 2 is 2.00 bits per heavy atom. The maximum atomic E-state index is 10.2. The number of hydrogen-bond acceptors (Lipinski definition) is 4. The largest absolute Gasteiger partial charge is 0.486 e. The summed E-state index contributed by atoms with van der Waals surface area (Å²) in [6.07, 6.45) is 2.21. The lowest BCUT2D eigenvalue weighted by Crippen LogP contribution is -2.16. The van der Waals surface area contributed by atoms with Crippen molar-refractivity contribution >= 4 is 11.6 Å². The monoisotopic (exact) mass is 266 g/mol. The number of fused-ring (bicyclic) bond motifs is 1.